The highest BCUT2D eigenvalue weighted by atomic mass is 16.2. The average Bonchev–Trinajstić information content (AvgIpc) is 2.76. The largest absolute Gasteiger partial charge is 0.342 e. The zero-order chi connectivity index (χ0) is 20.1. The summed E-state index contributed by atoms with van der Waals surface area (Å²) in [6.45, 7) is 3.73. The van der Waals surface area contributed by atoms with Crippen LogP contribution in [0.25, 0.3) is 0 Å². The fourth-order valence-corrected chi connectivity index (χ4v) is 4.02. The number of rotatable bonds is 5. The molecule has 1 aliphatic heterocycles. The molecule has 3 aromatic rings. The Morgan fingerprint density at radius 3 is 2.48 bits per heavy atom. The zero-order valence-corrected chi connectivity index (χ0v) is 16.9. The van der Waals surface area contributed by atoms with Gasteiger partial charge in [-0.25, -0.2) is 0 Å². The minimum atomic E-state index is 0.170. The Morgan fingerprint density at radius 1 is 0.966 bits per heavy atom. The Hall–Kier alpha value is -3.01. The van der Waals surface area contributed by atoms with Crippen molar-refractivity contribution in [3.8, 4) is 0 Å². The van der Waals surface area contributed by atoms with Crippen LogP contribution in [0.4, 0.5) is 0 Å². The monoisotopic (exact) mass is 385 g/mol. The molecular formula is C25H27N3O. The maximum atomic E-state index is 12.6. The molecule has 1 fully saturated rings. The third-order valence-corrected chi connectivity index (χ3v) is 5.79. The molecule has 0 radical (unpaired) electrons. The van der Waals surface area contributed by atoms with E-state index >= 15 is 0 Å². The third-order valence-electron chi connectivity index (χ3n) is 5.79. The summed E-state index contributed by atoms with van der Waals surface area (Å²) >= 11 is 0. The van der Waals surface area contributed by atoms with Crippen LogP contribution in [-0.4, -0.2) is 33.9 Å². The molecule has 0 saturated carbocycles. The molecule has 0 aliphatic carbocycles. The van der Waals surface area contributed by atoms with E-state index in [2.05, 4.69) is 54.4 Å². The number of piperidine rings is 1. The van der Waals surface area contributed by atoms with Crippen LogP contribution in [0.2, 0.25) is 0 Å². The van der Waals surface area contributed by atoms with Gasteiger partial charge in [0.25, 0.3) is 0 Å². The summed E-state index contributed by atoms with van der Waals surface area (Å²) in [4.78, 5) is 23.8. The van der Waals surface area contributed by atoms with Crippen molar-refractivity contribution < 1.29 is 4.79 Å². The summed E-state index contributed by atoms with van der Waals surface area (Å²) in [6, 6.07) is 20.6. The topological polar surface area (TPSA) is 46.1 Å². The van der Waals surface area contributed by atoms with Crippen molar-refractivity contribution in [1.82, 2.24) is 14.9 Å². The highest BCUT2D eigenvalue weighted by molar-refractivity contribution is 5.78. The molecule has 1 amide bonds. The molecule has 0 unspecified atom stereocenters. The first-order valence-corrected chi connectivity index (χ1v) is 10.4. The first-order chi connectivity index (χ1) is 14.2. The molecule has 4 nitrogen and oxygen atoms in total. The summed E-state index contributed by atoms with van der Waals surface area (Å²) in [5.74, 6) is 0.592. The van der Waals surface area contributed by atoms with E-state index < -0.39 is 0 Å². The van der Waals surface area contributed by atoms with Crippen molar-refractivity contribution in [3.63, 3.8) is 0 Å². The normalized spacial score (nSPS) is 14.7. The smallest absolute Gasteiger partial charge is 0.228 e. The van der Waals surface area contributed by atoms with Crippen LogP contribution in [0.5, 0.6) is 0 Å². The van der Waals surface area contributed by atoms with E-state index in [0.29, 0.717) is 12.3 Å². The van der Waals surface area contributed by atoms with Crippen LogP contribution in [-0.2, 0) is 17.6 Å². The van der Waals surface area contributed by atoms with Crippen molar-refractivity contribution in [1.29, 1.82) is 0 Å². The fourth-order valence-electron chi connectivity index (χ4n) is 4.02. The molecule has 0 spiro atoms. The van der Waals surface area contributed by atoms with Crippen molar-refractivity contribution in [2.75, 3.05) is 13.1 Å². The molecule has 4 heteroatoms. The van der Waals surface area contributed by atoms with Gasteiger partial charge in [-0.2, -0.15) is 0 Å². The second-order valence-corrected chi connectivity index (χ2v) is 7.81. The number of amides is 1. The summed E-state index contributed by atoms with van der Waals surface area (Å²) < 4.78 is 0. The van der Waals surface area contributed by atoms with Gasteiger partial charge >= 0.3 is 0 Å². The number of carbonyl (C=O) groups is 1. The lowest BCUT2D eigenvalue weighted by molar-refractivity contribution is -0.131. The van der Waals surface area contributed by atoms with E-state index in [1.165, 1.54) is 11.1 Å². The minimum absolute atomic E-state index is 0.170. The van der Waals surface area contributed by atoms with Gasteiger partial charge in [0.1, 0.15) is 0 Å². The number of benzene rings is 1. The minimum Gasteiger partial charge on any atom is -0.342 e. The van der Waals surface area contributed by atoms with Gasteiger partial charge in [-0.3, -0.25) is 14.8 Å². The lowest BCUT2D eigenvalue weighted by Gasteiger charge is -2.32. The van der Waals surface area contributed by atoms with Crippen LogP contribution in [0, 0.1) is 6.92 Å². The fraction of sp³-hybridized carbons (Fsp3) is 0.320. The average molecular weight is 386 g/mol. The summed E-state index contributed by atoms with van der Waals surface area (Å²) in [5.41, 5.74) is 5.75. The number of pyridine rings is 2. The summed E-state index contributed by atoms with van der Waals surface area (Å²) in [7, 11) is 0. The molecule has 4 rings (SSSR count). The van der Waals surface area contributed by atoms with E-state index in [1.807, 2.05) is 23.1 Å². The standard InChI is InChI=1S/C25H27N3O/c1-19-7-2-3-8-21(19)17-23-10-6-11-24(27-23)20-12-15-28(16-13-20)25(29)18-22-9-4-5-14-26-22/h2-11,14,20H,12-13,15-18H2,1H3. The van der Waals surface area contributed by atoms with Gasteiger partial charge in [-0.15, -0.1) is 0 Å². The van der Waals surface area contributed by atoms with E-state index in [-0.39, 0.29) is 5.91 Å². The first-order valence-electron chi connectivity index (χ1n) is 10.4. The maximum Gasteiger partial charge on any atom is 0.228 e. The maximum absolute atomic E-state index is 12.6. The van der Waals surface area contributed by atoms with Gasteiger partial charge in [0.05, 0.1) is 6.42 Å². The molecule has 0 bridgehead atoms. The molecule has 2 aromatic heterocycles. The van der Waals surface area contributed by atoms with Gasteiger partial charge < -0.3 is 4.90 Å². The predicted molar refractivity (Wildman–Crippen MR) is 115 cm³/mol. The van der Waals surface area contributed by atoms with Crippen LogP contribution in [0.3, 0.4) is 0 Å². The van der Waals surface area contributed by atoms with E-state index in [4.69, 9.17) is 4.98 Å². The SMILES string of the molecule is Cc1ccccc1Cc1cccc(C2CCN(C(=O)Cc3ccccn3)CC2)n1. The molecule has 29 heavy (non-hydrogen) atoms. The van der Waals surface area contributed by atoms with E-state index in [1.54, 1.807) is 6.20 Å². The Bertz CT molecular complexity index is 963. The lowest BCUT2D eigenvalue weighted by atomic mass is 9.92. The van der Waals surface area contributed by atoms with Crippen LogP contribution in [0.15, 0.2) is 66.9 Å². The number of nitrogens with zero attached hydrogens (tertiary/aromatic N) is 3. The number of hydrogen-bond donors (Lipinski definition) is 0. The summed E-state index contributed by atoms with van der Waals surface area (Å²) in [6.07, 6.45) is 4.92. The van der Waals surface area contributed by atoms with Gasteiger partial charge in [-0.05, 0) is 55.2 Å². The Labute approximate surface area is 172 Å². The van der Waals surface area contributed by atoms with E-state index in [9.17, 15) is 4.79 Å². The molecule has 148 valence electrons. The van der Waals surface area contributed by atoms with Crippen molar-refractivity contribution >= 4 is 5.91 Å². The lowest BCUT2D eigenvalue weighted by Crippen LogP contribution is -2.39. The Morgan fingerprint density at radius 2 is 1.72 bits per heavy atom. The van der Waals surface area contributed by atoms with Gasteiger partial charge in [0, 0.05) is 48.7 Å². The highest BCUT2D eigenvalue weighted by Gasteiger charge is 2.25. The molecule has 1 saturated heterocycles. The van der Waals surface area contributed by atoms with E-state index in [0.717, 1.165) is 49.4 Å². The number of aryl methyl sites for hydroxylation is 1. The van der Waals surface area contributed by atoms with Gasteiger partial charge in [0.2, 0.25) is 5.91 Å². The van der Waals surface area contributed by atoms with Crippen molar-refractivity contribution in [3.05, 3.63) is 95.1 Å². The number of hydrogen-bond acceptors (Lipinski definition) is 3. The quantitative estimate of drug-likeness (QED) is 0.657. The van der Waals surface area contributed by atoms with Crippen LogP contribution < -0.4 is 0 Å². The number of aromatic nitrogens is 2. The molecule has 1 aromatic carbocycles. The molecular weight excluding hydrogens is 358 g/mol. The summed E-state index contributed by atoms with van der Waals surface area (Å²) in [5, 5.41) is 0. The molecule has 0 atom stereocenters. The molecule has 0 N–H and O–H groups in total. The Balaban J connectivity index is 1.36. The second kappa shape index (κ2) is 8.99. The second-order valence-electron chi connectivity index (χ2n) is 7.81. The number of likely N-dealkylation sites (tertiary alicyclic amines) is 1. The van der Waals surface area contributed by atoms with Crippen LogP contribution in [0.1, 0.15) is 47.0 Å². The molecule has 1 aliphatic rings. The zero-order valence-electron chi connectivity index (χ0n) is 16.9. The molecule has 3 heterocycles. The van der Waals surface area contributed by atoms with Crippen molar-refractivity contribution in [2.45, 2.75) is 38.5 Å². The van der Waals surface area contributed by atoms with Gasteiger partial charge in [-0.1, -0.05) is 36.4 Å². The van der Waals surface area contributed by atoms with Gasteiger partial charge in [0.15, 0.2) is 0 Å². The van der Waals surface area contributed by atoms with Crippen molar-refractivity contribution in [2.24, 2.45) is 0 Å². The number of carbonyl (C=O) groups excluding carboxylic acids is 1. The Kier molecular flexibility index (Phi) is 5.99. The first kappa shape index (κ1) is 19.3. The third kappa shape index (κ3) is 4.89. The van der Waals surface area contributed by atoms with Crippen LogP contribution >= 0.6 is 0 Å². The highest BCUT2D eigenvalue weighted by Crippen LogP contribution is 2.27. The predicted octanol–water partition coefficient (Wildman–Crippen LogP) is 4.32.